The Hall–Kier alpha value is -0.900. The summed E-state index contributed by atoms with van der Waals surface area (Å²) in [5.74, 6) is -0.125. The van der Waals surface area contributed by atoms with Crippen LogP contribution in [0.4, 0.5) is 0 Å². The van der Waals surface area contributed by atoms with Gasteiger partial charge in [-0.15, -0.1) is 0 Å². The average molecular weight is 187 g/mol. The Morgan fingerprint density at radius 2 is 2.08 bits per heavy atom. The summed E-state index contributed by atoms with van der Waals surface area (Å²) in [5, 5.41) is 2.59. The largest absolute Gasteiger partial charge is 0.385 e. The van der Waals surface area contributed by atoms with Crippen LogP contribution < -0.4 is 5.32 Å². The molecule has 0 aliphatic carbocycles. The van der Waals surface area contributed by atoms with Gasteiger partial charge in [-0.3, -0.25) is 9.59 Å². The van der Waals surface area contributed by atoms with Crippen LogP contribution in [0.2, 0.25) is 0 Å². The van der Waals surface area contributed by atoms with Crippen molar-refractivity contribution < 1.29 is 14.3 Å². The van der Waals surface area contributed by atoms with Gasteiger partial charge in [0.2, 0.25) is 5.91 Å². The van der Waals surface area contributed by atoms with Crippen LogP contribution in [-0.2, 0) is 14.3 Å². The Bertz CT molecular complexity index is 180. The van der Waals surface area contributed by atoms with E-state index in [0.29, 0.717) is 19.4 Å². The number of hydrogen-bond acceptors (Lipinski definition) is 3. The second-order valence-corrected chi connectivity index (χ2v) is 3.00. The molecule has 0 saturated carbocycles. The molecular formula is C9H17NO3. The molecule has 0 saturated heterocycles. The van der Waals surface area contributed by atoms with Gasteiger partial charge in [0.25, 0.3) is 0 Å². The van der Waals surface area contributed by atoms with E-state index < -0.39 is 0 Å². The zero-order chi connectivity index (χ0) is 10.3. The third-order valence-corrected chi connectivity index (χ3v) is 1.74. The molecule has 0 spiro atoms. The molecule has 0 bridgehead atoms. The summed E-state index contributed by atoms with van der Waals surface area (Å²) in [4.78, 5) is 21.9. The lowest BCUT2D eigenvalue weighted by atomic mass is 10.2. The molecule has 1 amide bonds. The number of Topliss-reactive ketones (excluding diaryl/α,β-unsaturated/α-hetero) is 1. The zero-order valence-corrected chi connectivity index (χ0v) is 8.42. The Morgan fingerprint density at radius 3 is 2.54 bits per heavy atom. The molecule has 0 aliphatic heterocycles. The van der Waals surface area contributed by atoms with Crippen LogP contribution in [-0.4, -0.2) is 31.4 Å². The predicted octanol–water partition coefficient (Wildman–Crippen LogP) is 0.507. The van der Waals surface area contributed by atoms with E-state index in [2.05, 4.69) is 5.32 Å². The Morgan fingerprint density at radius 1 is 1.46 bits per heavy atom. The first-order valence-corrected chi connectivity index (χ1v) is 4.36. The summed E-state index contributed by atoms with van der Waals surface area (Å²) in [6.07, 6.45) is 1.10. The molecule has 0 heterocycles. The van der Waals surface area contributed by atoms with Gasteiger partial charge in [-0.05, 0) is 20.3 Å². The first-order valence-electron chi connectivity index (χ1n) is 4.36. The van der Waals surface area contributed by atoms with Crippen molar-refractivity contribution in [1.82, 2.24) is 5.32 Å². The number of methoxy groups -OCH3 is 1. The van der Waals surface area contributed by atoms with Crippen molar-refractivity contribution in [1.29, 1.82) is 0 Å². The second-order valence-electron chi connectivity index (χ2n) is 3.00. The molecule has 1 unspecified atom stereocenters. The molecule has 1 N–H and O–H groups in total. The fourth-order valence-electron chi connectivity index (χ4n) is 0.792. The first kappa shape index (κ1) is 12.1. The zero-order valence-electron chi connectivity index (χ0n) is 8.42. The van der Waals surface area contributed by atoms with Crippen molar-refractivity contribution in [3.8, 4) is 0 Å². The molecule has 0 aliphatic rings. The van der Waals surface area contributed by atoms with Crippen molar-refractivity contribution in [3.05, 3.63) is 0 Å². The predicted molar refractivity (Wildman–Crippen MR) is 49.4 cm³/mol. The first-order chi connectivity index (χ1) is 6.07. The minimum Gasteiger partial charge on any atom is -0.385 e. The molecule has 1 atom stereocenters. The summed E-state index contributed by atoms with van der Waals surface area (Å²) in [7, 11) is 1.59. The van der Waals surface area contributed by atoms with E-state index in [1.807, 2.05) is 0 Å². The Labute approximate surface area is 78.6 Å². The SMILES string of the molecule is COCCCC(=O)NC(C)C(C)=O. The molecule has 4 nitrogen and oxygen atoms in total. The number of amides is 1. The molecule has 13 heavy (non-hydrogen) atoms. The molecular weight excluding hydrogens is 170 g/mol. The van der Waals surface area contributed by atoms with E-state index in [4.69, 9.17) is 4.74 Å². The van der Waals surface area contributed by atoms with Gasteiger partial charge in [0.05, 0.1) is 6.04 Å². The fraction of sp³-hybridized carbons (Fsp3) is 0.778. The number of ether oxygens (including phenoxy) is 1. The highest BCUT2D eigenvalue weighted by Gasteiger charge is 2.10. The van der Waals surface area contributed by atoms with Crippen molar-refractivity contribution in [2.24, 2.45) is 0 Å². The van der Waals surface area contributed by atoms with Crippen LogP contribution >= 0.6 is 0 Å². The van der Waals surface area contributed by atoms with Crippen LogP contribution in [0.1, 0.15) is 26.7 Å². The maximum absolute atomic E-state index is 11.1. The Balaban J connectivity index is 3.56. The van der Waals surface area contributed by atoms with Gasteiger partial charge in [-0.25, -0.2) is 0 Å². The molecule has 0 radical (unpaired) electrons. The number of rotatable bonds is 6. The summed E-state index contributed by atoms with van der Waals surface area (Å²) < 4.78 is 4.80. The molecule has 0 rings (SSSR count). The average Bonchev–Trinajstić information content (AvgIpc) is 2.04. The maximum Gasteiger partial charge on any atom is 0.220 e. The summed E-state index contributed by atoms with van der Waals surface area (Å²) >= 11 is 0. The van der Waals surface area contributed by atoms with E-state index >= 15 is 0 Å². The lowest BCUT2D eigenvalue weighted by Crippen LogP contribution is -2.37. The minimum absolute atomic E-state index is 0.0277. The van der Waals surface area contributed by atoms with E-state index in [9.17, 15) is 9.59 Å². The maximum atomic E-state index is 11.1. The highest BCUT2D eigenvalue weighted by molar-refractivity contribution is 5.86. The summed E-state index contributed by atoms with van der Waals surface area (Å²) in [6, 6.07) is -0.380. The monoisotopic (exact) mass is 187 g/mol. The third kappa shape index (κ3) is 6.28. The van der Waals surface area contributed by atoms with Gasteiger partial charge in [0.1, 0.15) is 0 Å². The topological polar surface area (TPSA) is 55.4 Å². The minimum atomic E-state index is -0.380. The van der Waals surface area contributed by atoms with Gasteiger partial charge in [-0.1, -0.05) is 0 Å². The summed E-state index contributed by atoms with van der Waals surface area (Å²) in [6.45, 7) is 3.71. The number of hydrogen-bond donors (Lipinski definition) is 1. The van der Waals surface area contributed by atoms with Crippen LogP contribution in [0.5, 0.6) is 0 Å². The quantitative estimate of drug-likeness (QED) is 0.616. The van der Waals surface area contributed by atoms with E-state index in [1.165, 1.54) is 6.92 Å². The number of nitrogens with one attached hydrogen (secondary N) is 1. The number of carbonyl (C=O) groups is 2. The van der Waals surface area contributed by atoms with Crippen LogP contribution in [0, 0.1) is 0 Å². The van der Waals surface area contributed by atoms with Crippen molar-refractivity contribution >= 4 is 11.7 Å². The van der Waals surface area contributed by atoms with Crippen molar-refractivity contribution in [2.45, 2.75) is 32.7 Å². The van der Waals surface area contributed by atoms with Crippen LogP contribution in [0.15, 0.2) is 0 Å². The third-order valence-electron chi connectivity index (χ3n) is 1.74. The normalized spacial score (nSPS) is 12.2. The van der Waals surface area contributed by atoms with Crippen molar-refractivity contribution in [3.63, 3.8) is 0 Å². The van der Waals surface area contributed by atoms with Crippen molar-refractivity contribution in [2.75, 3.05) is 13.7 Å². The highest BCUT2D eigenvalue weighted by atomic mass is 16.5. The smallest absolute Gasteiger partial charge is 0.220 e. The van der Waals surface area contributed by atoms with E-state index in [0.717, 1.165) is 0 Å². The number of ketones is 1. The molecule has 0 aromatic carbocycles. The van der Waals surface area contributed by atoms with Gasteiger partial charge in [0, 0.05) is 20.1 Å². The summed E-state index contributed by atoms with van der Waals surface area (Å²) in [5.41, 5.74) is 0. The lowest BCUT2D eigenvalue weighted by molar-refractivity contribution is -0.126. The number of carbonyl (C=O) groups excluding carboxylic acids is 2. The highest BCUT2D eigenvalue weighted by Crippen LogP contribution is 1.91. The van der Waals surface area contributed by atoms with Gasteiger partial charge >= 0.3 is 0 Å². The van der Waals surface area contributed by atoms with Crippen LogP contribution in [0.3, 0.4) is 0 Å². The molecule has 0 aromatic rings. The van der Waals surface area contributed by atoms with Crippen LogP contribution in [0.25, 0.3) is 0 Å². The molecule has 0 aromatic heterocycles. The van der Waals surface area contributed by atoms with Gasteiger partial charge < -0.3 is 10.1 Å². The fourth-order valence-corrected chi connectivity index (χ4v) is 0.792. The van der Waals surface area contributed by atoms with E-state index in [1.54, 1.807) is 14.0 Å². The lowest BCUT2D eigenvalue weighted by Gasteiger charge is -2.09. The second kappa shape index (κ2) is 6.60. The molecule has 0 fully saturated rings. The van der Waals surface area contributed by atoms with Gasteiger partial charge in [-0.2, -0.15) is 0 Å². The molecule has 76 valence electrons. The standard InChI is InChI=1S/C9H17NO3/c1-7(8(2)11)10-9(12)5-4-6-13-3/h7H,4-6H2,1-3H3,(H,10,12). The molecule has 4 heteroatoms. The van der Waals surface area contributed by atoms with Gasteiger partial charge in [0.15, 0.2) is 5.78 Å². The van der Waals surface area contributed by atoms with E-state index in [-0.39, 0.29) is 17.7 Å². The Kier molecular flexibility index (Phi) is 6.14.